The molecule has 1 aromatic carbocycles. The first-order chi connectivity index (χ1) is 15.7. The SMILES string of the molecule is COCCC(=O)O.c1cc2c(nc1CCCN1CCCCC1)NCCC2.c1ccccc1. The Labute approximate surface area is 193 Å². The van der Waals surface area contributed by atoms with E-state index in [4.69, 9.17) is 10.1 Å². The number of aliphatic carboxylic acids is 1. The molecule has 0 unspecified atom stereocenters. The Bertz CT molecular complexity index is 723. The van der Waals surface area contributed by atoms with Gasteiger partial charge in [-0.3, -0.25) is 4.79 Å². The van der Waals surface area contributed by atoms with Gasteiger partial charge in [0.15, 0.2) is 0 Å². The predicted octanol–water partition coefficient (Wildman–Crippen LogP) is 4.65. The maximum atomic E-state index is 9.68. The highest BCUT2D eigenvalue weighted by Gasteiger charge is 2.12. The van der Waals surface area contributed by atoms with Gasteiger partial charge in [0.05, 0.1) is 13.0 Å². The van der Waals surface area contributed by atoms with Crippen molar-refractivity contribution >= 4 is 11.8 Å². The van der Waals surface area contributed by atoms with Crippen molar-refractivity contribution in [1.29, 1.82) is 0 Å². The molecule has 0 saturated carbocycles. The number of aryl methyl sites for hydroxylation is 2. The molecule has 0 spiro atoms. The number of nitrogens with one attached hydrogen (secondary N) is 1. The van der Waals surface area contributed by atoms with Gasteiger partial charge in [0, 0.05) is 19.3 Å². The summed E-state index contributed by atoms with van der Waals surface area (Å²) in [7, 11) is 1.48. The molecule has 0 aliphatic carbocycles. The van der Waals surface area contributed by atoms with Crippen LogP contribution in [0.15, 0.2) is 48.5 Å². The Hall–Kier alpha value is -2.44. The van der Waals surface area contributed by atoms with Crippen molar-refractivity contribution in [2.45, 2.75) is 51.4 Å². The molecular weight excluding hydrogens is 402 g/mol. The molecule has 2 aromatic rings. The van der Waals surface area contributed by atoms with E-state index >= 15 is 0 Å². The summed E-state index contributed by atoms with van der Waals surface area (Å²) in [5.74, 6) is 0.323. The second kappa shape index (κ2) is 16.2. The van der Waals surface area contributed by atoms with Crippen LogP contribution in [0.5, 0.6) is 0 Å². The zero-order valence-electron chi connectivity index (χ0n) is 19.5. The third-order valence-corrected chi connectivity index (χ3v) is 5.49. The number of carboxylic acid groups (broad SMARTS) is 1. The molecule has 0 radical (unpaired) electrons. The minimum Gasteiger partial charge on any atom is -0.481 e. The number of benzene rings is 1. The van der Waals surface area contributed by atoms with Crippen LogP contribution in [-0.4, -0.2) is 60.9 Å². The predicted molar refractivity (Wildman–Crippen MR) is 130 cm³/mol. The van der Waals surface area contributed by atoms with Gasteiger partial charge in [0.2, 0.25) is 0 Å². The Morgan fingerprint density at radius 3 is 2.34 bits per heavy atom. The van der Waals surface area contributed by atoms with Crippen LogP contribution < -0.4 is 5.32 Å². The number of nitrogens with zero attached hydrogens (tertiary/aromatic N) is 2. The number of carboxylic acids is 1. The van der Waals surface area contributed by atoms with Gasteiger partial charge in [0.25, 0.3) is 0 Å². The molecule has 6 nitrogen and oxygen atoms in total. The lowest BCUT2D eigenvalue weighted by molar-refractivity contribution is -0.137. The van der Waals surface area contributed by atoms with Crippen molar-refractivity contribution in [3.8, 4) is 0 Å². The summed E-state index contributed by atoms with van der Waals surface area (Å²) in [4.78, 5) is 17.1. The molecule has 2 N–H and O–H groups in total. The van der Waals surface area contributed by atoms with Gasteiger partial charge in [-0.15, -0.1) is 0 Å². The molecule has 2 aliphatic rings. The molecule has 1 fully saturated rings. The van der Waals surface area contributed by atoms with Crippen LogP contribution in [0, 0.1) is 0 Å². The number of piperidine rings is 1. The third-order valence-electron chi connectivity index (χ3n) is 5.49. The molecule has 1 aromatic heterocycles. The average Bonchev–Trinajstić information content (AvgIpc) is 2.85. The van der Waals surface area contributed by atoms with Crippen LogP contribution in [0.4, 0.5) is 5.82 Å². The minimum atomic E-state index is -0.818. The van der Waals surface area contributed by atoms with Gasteiger partial charge in [-0.25, -0.2) is 4.98 Å². The summed E-state index contributed by atoms with van der Waals surface area (Å²) in [5.41, 5.74) is 2.65. The van der Waals surface area contributed by atoms with Crippen LogP contribution in [-0.2, 0) is 22.4 Å². The molecule has 3 heterocycles. The Kier molecular flexibility index (Phi) is 13.1. The van der Waals surface area contributed by atoms with Gasteiger partial charge in [-0.05, 0) is 69.8 Å². The first-order valence-corrected chi connectivity index (χ1v) is 11.8. The number of methoxy groups -OCH3 is 1. The smallest absolute Gasteiger partial charge is 0.305 e. The number of anilines is 1. The summed E-state index contributed by atoms with van der Waals surface area (Å²) >= 11 is 0. The number of aromatic nitrogens is 1. The van der Waals surface area contributed by atoms with Gasteiger partial charge in [0.1, 0.15) is 5.82 Å². The monoisotopic (exact) mass is 441 g/mol. The number of fused-ring (bicyclic) bond motifs is 1. The van der Waals surface area contributed by atoms with Gasteiger partial charge in [-0.1, -0.05) is 48.9 Å². The molecule has 0 bridgehead atoms. The van der Waals surface area contributed by atoms with Crippen LogP contribution in [0.3, 0.4) is 0 Å². The number of likely N-dealkylation sites (tertiary alicyclic amines) is 1. The number of hydrogen-bond donors (Lipinski definition) is 2. The second-order valence-electron chi connectivity index (χ2n) is 8.14. The first-order valence-electron chi connectivity index (χ1n) is 11.8. The zero-order valence-corrected chi connectivity index (χ0v) is 19.5. The summed E-state index contributed by atoms with van der Waals surface area (Å²) in [6.45, 7) is 5.23. The Balaban J connectivity index is 0.000000229. The standard InChI is InChI=1S/C16H25N3.C6H6.C4H8O3/c1-2-11-19(12-3-1)13-5-7-15-9-8-14-6-4-10-17-16(14)18-15;1-2-4-6-5-3-1;1-7-3-2-4(5)6/h8-9H,1-7,10-13H2,(H,17,18);1-6H;2-3H2,1H3,(H,5,6). The third kappa shape index (κ3) is 11.3. The Morgan fingerprint density at radius 1 is 1.06 bits per heavy atom. The van der Waals surface area contributed by atoms with E-state index in [1.54, 1.807) is 0 Å². The first kappa shape index (κ1) is 25.8. The summed E-state index contributed by atoms with van der Waals surface area (Å²) in [5, 5.41) is 11.4. The van der Waals surface area contributed by atoms with Crippen LogP contribution in [0.25, 0.3) is 0 Å². The van der Waals surface area contributed by atoms with E-state index in [0.29, 0.717) is 6.61 Å². The fourth-order valence-electron chi connectivity index (χ4n) is 3.75. The van der Waals surface area contributed by atoms with Crippen LogP contribution in [0.1, 0.15) is 49.8 Å². The van der Waals surface area contributed by atoms with Crippen molar-refractivity contribution in [3.63, 3.8) is 0 Å². The average molecular weight is 442 g/mol. The highest BCUT2D eigenvalue weighted by atomic mass is 16.5. The van der Waals surface area contributed by atoms with Crippen LogP contribution >= 0.6 is 0 Å². The summed E-state index contributed by atoms with van der Waals surface area (Å²) < 4.78 is 4.47. The Morgan fingerprint density at radius 2 is 1.75 bits per heavy atom. The van der Waals surface area contributed by atoms with Gasteiger partial charge in [-0.2, -0.15) is 0 Å². The van der Waals surface area contributed by atoms with Crippen molar-refractivity contribution in [2.75, 3.05) is 45.2 Å². The molecule has 0 atom stereocenters. The number of rotatable bonds is 7. The molecule has 2 aliphatic heterocycles. The lowest BCUT2D eigenvalue weighted by Crippen LogP contribution is -2.30. The lowest BCUT2D eigenvalue weighted by Gasteiger charge is -2.26. The van der Waals surface area contributed by atoms with E-state index in [1.165, 1.54) is 76.5 Å². The second-order valence-corrected chi connectivity index (χ2v) is 8.14. The van der Waals surface area contributed by atoms with Crippen molar-refractivity contribution in [2.24, 2.45) is 0 Å². The molecular formula is C26H39N3O3. The van der Waals surface area contributed by atoms with Gasteiger partial charge < -0.3 is 20.1 Å². The van der Waals surface area contributed by atoms with Crippen molar-refractivity contribution in [1.82, 2.24) is 9.88 Å². The van der Waals surface area contributed by atoms with Crippen LogP contribution in [0.2, 0.25) is 0 Å². The van der Waals surface area contributed by atoms with E-state index in [9.17, 15) is 4.79 Å². The van der Waals surface area contributed by atoms with E-state index in [1.807, 2.05) is 36.4 Å². The highest BCUT2D eigenvalue weighted by Crippen LogP contribution is 2.20. The molecule has 32 heavy (non-hydrogen) atoms. The fraction of sp³-hybridized carbons (Fsp3) is 0.538. The van der Waals surface area contributed by atoms with E-state index < -0.39 is 5.97 Å². The van der Waals surface area contributed by atoms with Crippen molar-refractivity contribution < 1.29 is 14.6 Å². The molecule has 6 heteroatoms. The number of carbonyl (C=O) groups is 1. The summed E-state index contributed by atoms with van der Waals surface area (Å²) in [6, 6.07) is 16.5. The molecule has 0 amide bonds. The van der Waals surface area contributed by atoms with Crippen molar-refractivity contribution in [3.05, 3.63) is 59.8 Å². The quantitative estimate of drug-likeness (QED) is 0.651. The molecule has 1 saturated heterocycles. The molecule has 176 valence electrons. The minimum absolute atomic E-state index is 0.0938. The number of ether oxygens (including phenoxy) is 1. The highest BCUT2D eigenvalue weighted by molar-refractivity contribution is 5.66. The fourth-order valence-corrected chi connectivity index (χ4v) is 3.75. The van der Waals surface area contributed by atoms with E-state index in [-0.39, 0.29) is 6.42 Å². The maximum Gasteiger partial charge on any atom is 0.305 e. The molecule has 4 rings (SSSR count). The normalized spacial score (nSPS) is 15.2. The largest absolute Gasteiger partial charge is 0.481 e. The van der Waals surface area contributed by atoms with E-state index in [0.717, 1.165) is 18.8 Å². The topological polar surface area (TPSA) is 74.7 Å². The summed E-state index contributed by atoms with van der Waals surface area (Å²) in [6.07, 6.45) is 9.08. The zero-order chi connectivity index (χ0) is 22.9. The number of hydrogen-bond acceptors (Lipinski definition) is 5. The maximum absolute atomic E-state index is 9.68. The lowest BCUT2D eigenvalue weighted by atomic mass is 10.1. The number of pyridine rings is 1. The van der Waals surface area contributed by atoms with E-state index in [2.05, 4.69) is 27.1 Å². The van der Waals surface area contributed by atoms with Gasteiger partial charge >= 0.3 is 5.97 Å².